The Morgan fingerprint density at radius 2 is 2.50 bits per heavy atom. The molecule has 0 radical (unpaired) electrons. The van der Waals surface area contributed by atoms with Crippen LogP contribution in [0.5, 0.6) is 0 Å². The number of halogens is 1. The van der Waals surface area contributed by atoms with Crippen molar-refractivity contribution in [2.24, 2.45) is 0 Å². The summed E-state index contributed by atoms with van der Waals surface area (Å²) in [6.07, 6.45) is 9.16. The molecule has 0 aliphatic rings. The molecule has 1 aromatic heterocycles. The molecule has 74 valence electrons. The van der Waals surface area contributed by atoms with Gasteiger partial charge in [-0.1, -0.05) is 19.3 Å². The summed E-state index contributed by atoms with van der Waals surface area (Å²) >= 11 is 3.41. The first-order valence-corrected chi connectivity index (χ1v) is 5.40. The molecule has 0 aromatic carbocycles. The molecular formula is C11H13BrN2. The van der Waals surface area contributed by atoms with Gasteiger partial charge < -0.3 is 5.32 Å². The second kappa shape index (κ2) is 5.66. The number of anilines is 1. The average Bonchev–Trinajstić information content (AvgIpc) is 2.20. The standard InChI is InChI=1S/C11H13BrN2/c1-3-6-9(4-2)14-11-10(12)7-5-8-13-11/h2,5,7-9H,3,6H2,1H3,(H,13,14). The summed E-state index contributed by atoms with van der Waals surface area (Å²) in [4.78, 5) is 4.19. The topological polar surface area (TPSA) is 24.9 Å². The van der Waals surface area contributed by atoms with Crippen LogP contribution >= 0.6 is 15.9 Å². The highest BCUT2D eigenvalue weighted by Gasteiger charge is 2.06. The van der Waals surface area contributed by atoms with Crippen LogP contribution in [0.15, 0.2) is 22.8 Å². The Labute approximate surface area is 93.3 Å². The molecule has 1 unspecified atom stereocenters. The molecule has 0 aliphatic carbocycles. The second-order valence-electron chi connectivity index (χ2n) is 2.99. The van der Waals surface area contributed by atoms with Crippen LogP contribution in [-0.4, -0.2) is 11.0 Å². The lowest BCUT2D eigenvalue weighted by Gasteiger charge is -2.13. The first kappa shape index (κ1) is 11.1. The molecule has 0 saturated carbocycles. The van der Waals surface area contributed by atoms with E-state index >= 15 is 0 Å². The summed E-state index contributed by atoms with van der Waals surface area (Å²) in [5.41, 5.74) is 0. The fraction of sp³-hybridized carbons (Fsp3) is 0.364. The maximum Gasteiger partial charge on any atom is 0.141 e. The monoisotopic (exact) mass is 252 g/mol. The van der Waals surface area contributed by atoms with Crippen LogP contribution < -0.4 is 5.32 Å². The molecule has 0 amide bonds. The van der Waals surface area contributed by atoms with E-state index in [0.29, 0.717) is 0 Å². The lowest BCUT2D eigenvalue weighted by Crippen LogP contribution is -2.17. The van der Waals surface area contributed by atoms with Gasteiger partial charge in [-0.2, -0.15) is 0 Å². The number of aromatic nitrogens is 1. The van der Waals surface area contributed by atoms with E-state index in [2.05, 4.69) is 39.1 Å². The molecule has 1 rings (SSSR count). The lowest BCUT2D eigenvalue weighted by molar-refractivity contribution is 0.752. The SMILES string of the molecule is C#CC(CCC)Nc1ncccc1Br. The van der Waals surface area contributed by atoms with E-state index in [1.54, 1.807) is 6.20 Å². The molecule has 3 heteroatoms. The van der Waals surface area contributed by atoms with Crippen LogP contribution in [0.4, 0.5) is 5.82 Å². The molecule has 0 bridgehead atoms. The van der Waals surface area contributed by atoms with Gasteiger partial charge in [-0.05, 0) is 34.5 Å². The number of terminal acetylenes is 1. The predicted octanol–water partition coefficient (Wildman–Crippen LogP) is 3.06. The van der Waals surface area contributed by atoms with Gasteiger partial charge in [0.1, 0.15) is 5.82 Å². The molecule has 14 heavy (non-hydrogen) atoms. The Balaban J connectivity index is 2.68. The van der Waals surface area contributed by atoms with Crippen molar-refractivity contribution < 1.29 is 0 Å². The van der Waals surface area contributed by atoms with E-state index in [4.69, 9.17) is 6.42 Å². The molecule has 1 heterocycles. The summed E-state index contributed by atoms with van der Waals surface area (Å²) in [5.74, 6) is 3.52. The van der Waals surface area contributed by atoms with E-state index in [9.17, 15) is 0 Å². The van der Waals surface area contributed by atoms with E-state index < -0.39 is 0 Å². The van der Waals surface area contributed by atoms with E-state index in [1.165, 1.54) is 0 Å². The number of hydrogen-bond donors (Lipinski definition) is 1. The van der Waals surface area contributed by atoms with Crippen LogP contribution in [0.1, 0.15) is 19.8 Å². The smallest absolute Gasteiger partial charge is 0.141 e. The van der Waals surface area contributed by atoms with Crippen LogP contribution in [0.25, 0.3) is 0 Å². The van der Waals surface area contributed by atoms with Crippen molar-refractivity contribution in [3.63, 3.8) is 0 Å². The van der Waals surface area contributed by atoms with Crippen molar-refractivity contribution in [3.05, 3.63) is 22.8 Å². The van der Waals surface area contributed by atoms with Crippen molar-refractivity contribution >= 4 is 21.7 Å². The minimum absolute atomic E-state index is 0.0613. The number of hydrogen-bond acceptors (Lipinski definition) is 2. The van der Waals surface area contributed by atoms with Gasteiger partial charge in [0.25, 0.3) is 0 Å². The minimum Gasteiger partial charge on any atom is -0.356 e. The van der Waals surface area contributed by atoms with Gasteiger partial charge in [0.2, 0.25) is 0 Å². The third-order valence-electron chi connectivity index (χ3n) is 1.85. The van der Waals surface area contributed by atoms with Crippen LogP contribution in [0.3, 0.4) is 0 Å². The average molecular weight is 253 g/mol. The zero-order valence-corrected chi connectivity index (χ0v) is 9.71. The van der Waals surface area contributed by atoms with Crippen molar-refractivity contribution in [1.82, 2.24) is 4.98 Å². The molecule has 0 aliphatic heterocycles. The molecule has 1 aromatic rings. The minimum atomic E-state index is 0.0613. The molecule has 2 nitrogen and oxygen atoms in total. The first-order valence-electron chi connectivity index (χ1n) is 4.61. The van der Waals surface area contributed by atoms with Crippen LogP contribution in [0, 0.1) is 12.3 Å². The fourth-order valence-corrected chi connectivity index (χ4v) is 1.51. The highest BCUT2D eigenvalue weighted by molar-refractivity contribution is 9.10. The molecule has 0 spiro atoms. The largest absolute Gasteiger partial charge is 0.356 e. The second-order valence-corrected chi connectivity index (χ2v) is 3.84. The molecule has 1 atom stereocenters. The molecule has 1 N–H and O–H groups in total. The highest BCUT2D eigenvalue weighted by atomic mass is 79.9. The predicted molar refractivity (Wildman–Crippen MR) is 63.1 cm³/mol. The van der Waals surface area contributed by atoms with E-state index in [0.717, 1.165) is 23.1 Å². The number of rotatable bonds is 4. The summed E-state index contributed by atoms with van der Waals surface area (Å²) in [6.45, 7) is 2.11. The van der Waals surface area contributed by atoms with Gasteiger partial charge in [0.15, 0.2) is 0 Å². The summed E-state index contributed by atoms with van der Waals surface area (Å²) in [5, 5.41) is 3.20. The maximum absolute atomic E-state index is 5.40. The normalized spacial score (nSPS) is 11.8. The Hall–Kier alpha value is -1.01. The Morgan fingerprint density at radius 3 is 3.07 bits per heavy atom. The van der Waals surface area contributed by atoms with Gasteiger partial charge in [-0.3, -0.25) is 0 Å². The number of nitrogens with zero attached hydrogens (tertiary/aromatic N) is 1. The molecule has 0 saturated heterocycles. The Morgan fingerprint density at radius 1 is 1.71 bits per heavy atom. The Kier molecular flexibility index (Phi) is 4.48. The van der Waals surface area contributed by atoms with Crippen molar-refractivity contribution in [1.29, 1.82) is 0 Å². The van der Waals surface area contributed by atoms with Crippen molar-refractivity contribution in [2.75, 3.05) is 5.32 Å². The van der Waals surface area contributed by atoms with E-state index in [-0.39, 0.29) is 6.04 Å². The fourth-order valence-electron chi connectivity index (χ4n) is 1.14. The van der Waals surface area contributed by atoms with Gasteiger partial charge in [0.05, 0.1) is 10.5 Å². The lowest BCUT2D eigenvalue weighted by atomic mass is 10.2. The maximum atomic E-state index is 5.40. The van der Waals surface area contributed by atoms with Gasteiger partial charge in [-0.25, -0.2) is 4.98 Å². The van der Waals surface area contributed by atoms with Crippen LogP contribution in [-0.2, 0) is 0 Å². The quantitative estimate of drug-likeness (QED) is 0.834. The Bertz CT molecular complexity index is 330. The number of pyridine rings is 1. The zero-order valence-electron chi connectivity index (χ0n) is 8.13. The summed E-state index contributed by atoms with van der Waals surface area (Å²) in [7, 11) is 0. The molecule has 0 fully saturated rings. The molecular weight excluding hydrogens is 240 g/mol. The van der Waals surface area contributed by atoms with Gasteiger partial charge >= 0.3 is 0 Å². The van der Waals surface area contributed by atoms with Gasteiger partial charge in [0, 0.05) is 6.20 Å². The number of nitrogens with one attached hydrogen (secondary N) is 1. The van der Waals surface area contributed by atoms with Crippen molar-refractivity contribution in [3.8, 4) is 12.3 Å². The van der Waals surface area contributed by atoms with E-state index in [1.807, 2.05) is 12.1 Å². The van der Waals surface area contributed by atoms with Crippen molar-refractivity contribution in [2.45, 2.75) is 25.8 Å². The third-order valence-corrected chi connectivity index (χ3v) is 2.49. The third kappa shape index (κ3) is 3.04. The summed E-state index contributed by atoms with van der Waals surface area (Å²) in [6, 6.07) is 3.88. The van der Waals surface area contributed by atoms with Crippen LogP contribution in [0.2, 0.25) is 0 Å². The zero-order chi connectivity index (χ0) is 10.4. The highest BCUT2D eigenvalue weighted by Crippen LogP contribution is 2.19. The summed E-state index contributed by atoms with van der Waals surface area (Å²) < 4.78 is 0.941. The first-order chi connectivity index (χ1) is 6.77. The van der Waals surface area contributed by atoms with Gasteiger partial charge in [-0.15, -0.1) is 6.42 Å².